The van der Waals surface area contributed by atoms with Crippen molar-refractivity contribution in [1.29, 1.82) is 0 Å². The molecule has 1 fully saturated rings. The Morgan fingerprint density at radius 2 is 1.77 bits per heavy atom. The zero-order valence-electron chi connectivity index (χ0n) is 14.8. The number of hydrogen-bond acceptors (Lipinski definition) is 3. The Labute approximate surface area is 153 Å². The molecule has 0 saturated carbocycles. The van der Waals surface area contributed by atoms with E-state index in [9.17, 15) is 9.59 Å². The zero-order chi connectivity index (χ0) is 17.9. The summed E-state index contributed by atoms with van der Waals surface area (Å²) in [6.45, 7) is 2.62. The number of para-hydroxylation sites is 1. The van der Waals surface area contributed by atoms with Crippen LogP contribution in [0.4, 0.5) is 11.4 Å². The second kappa shape index (κ2) is 7.20. The molecule has 1 saturated heterocycles. The van der Waals surface area contributed by atoms with Gasteiger partial charge in [-0.2, -0.15) is 0 Å². The molecule has 5 nitrogen and oxygen atoms in total. The molecule has 2 aliphatic heterocycles. The highest BCUT2D eigenvalue weighted by Gasteiger charge is 2.24. The van der Waals surface area contributed by atoms with E-state index < -0.39 is 0 Å². The number of nitrogens with zero attached hydrogens (tertiary/aromatic N) is 2. The first kappa shape index (κ1) is 16.6. The molecule has 2 amide bonds. The van der Waals surface area contributed by atoms with Crippen LogP contribution < -0.4 is 10.2 Å². The molecule has 0 spiro atoms. The van der Waals surface area contributed by atoms with Crippen LogP contribution in [0.25, 0.3) is 0 Å². The number of nitrogens with one attached hydrogen (secondary N) is 1. The minimum absolute atomic E-state index is 0.0474. The van der Waals surface area contributed by atoms with Gasteiger partial charge in [-0.15, -0.1) is 0 Å². The van der Waals surface area contributed by atoms with Gasteiger partial charge in [0.1, 0.15) is 0 Å². The number of amides is 2. The van der Waals surface area contributed by atoms with Gasteiger partial charge in [-0.3, -0.25) is 9.59 Å². The van der Waals surface area contributed by atoms with Crippen LogP contribution in [0, 0.1) is 0 Å². The molecule has 2 aromatic carbocycles. The molecule has 5 heteroatoms. The third kappa shape index (κ3) is 3.29. The van der Waals surface area contributed by atoms with Crippen LogP contribution in [0.3, 0.4) is 0 Å². The Balaban J connectivity index is 1.40. The number of anilines is 2. The van der Waals surface area contributed by atoms with E-state index in [0.29, 0.717) is 5.56 Å². The van der Waals surface area contributed by atoms with Gasteiger partial charge in [0.25, 0.3) is 5.91 Å². The Kier molecular flexibility index (Phi) is 4.61. The average Bonchev–Trinajstić information content (AvgIpc) is 3.35. The number of likely N-dealkylation sites (tertiary alicyclic amines) is 1. The minimum Gasteiger partial charge on any atom is -0.376 e. The first-order chi connectivity index (χ1) is 12.7. The van der Waals surface area contributed by atoms with Gasteiger partial charge in [0.05, 0.1) is 6.54 Å². The van der Waals surface area contributed by atoms with Gasteiger partial charge in [0.15, 0.2) is 0 Å². The van der Waals surface area contributed by atoms with Crippen LogP contribution in [0.1, 0.15) is 28.8 Å². The van der Waals surface area contributed by atoms with Gasteiger partial charge < -0.3 is 15.1 Å². The number of fused-ring (bicyclic) bond motifs is 1. The van der Waals surface area contributed by atoms with Crippen molar-refractivity contribution >= 4 is 23.2 Å². The molecule has 134 valence electrons. The number of rotatable bonds is 4. The standard InChI is InChI=1S/C21H23N3O2/c25-20(24-13-10-16-6-1-2-9-19(16)24)15-22-18-8-5-7-17(14-18)21(26)23-11-3-4-12-23/h1-2,5-9,14,22H,3-4,10-13,15H2. The minimum atomic E-state index is 0.0474. The Bertz CT molecular complexity index is 828. The van der Waals surface area contributed by atoms with Crippen LogP contribution in [0.15, 0.2) is 48.5 Å². The molecule has 2 aliphatic rings. The van der Waals surface area contributed by atoms with Crippen molar-refractivity contribution in [2.45, 2.75) is 19.3 Å². The van der Waals surface area contributed by atoms with Crippen LogP contribution in [-0.4, -0.2) is 42.9 Å². The number of carbonyl (C=O) groups is 2. The molecule has 0 aliphatic carbocycles. The molecule has 4 rings (SSSR count). The smallest absolute Gasteiger partial charge is 0.253 e. The Hall–Kier alpha value is -2.82. The van der Waals surface area contributed by atoms with Gasteiger partial charge in [-0.1, -0.05) is 24.3 Å². The monoisotopic (exact) mass is 349 g/mol. The van der Waals surface area contributed by atoms with E-state index in [0.717, 1.165) is 50.3 Å². The molecule has 0 aromatic heterocycles. The lowest BCUT2D eigenvalue weighted by Crippen LogP contribution is -2.34. The summed E-state index contributed by atoms with van der Waals surface area (Å²) in [6, 6.07) is 15.5. The van der Waals surface area contributed by atoms with E-state index in [1.54, 1.807) is 0 Å². The second-order valence-electron chi connectivity index (χ2n) is 6.86. The van der Waals surface area contributed by atoms with Crippen LogP contribution in [0.2, 0.25) is 0 Å². The fourth-order valence-electron chi connectivity index (χ4n) is 3.74. The van der Waals surface area contributed by atoms with Crippen molar-refractivity contribution in [3.05, 3.63) is 59.7 Å². The molecule has 0 radical (unpaired) electrons. The molecule has 26 heavy (non-hydrogen) atoms. The summed E-state index contributed by atoms with van der Waals surface area (Å²) in [5.41, 5.74) is 3.71. The second-order valence-corrected chi connectivity index (χ2v) is 6.86. The van der Waals surface area contributed by atoms with E-state index >= 15 is 0 Å². The van der Waals surface area contributed by atoms with Crippen LogP contribution in [0.5, 0.6) is 0 Å². The highest BCUT2D eigenvalue weighted by molar-refractivity contribution is 5.98. The van der Waals surface area contributed by atoms with Gasteiger partial charge in [-0.25, -0.2) is 0 Å². The predicted octanol–water partition coefficient (Wildman–Crippen LogP) is 2.92. The van der Waals surface area contributed by atoms with Crippen molar-refractivity contribution in [3.63, 3.8) is 0 Å². The molecule has 0 atom stereocenters. The third-order valence-electron chi connectivity index (χ3n) is 5.13. The first-order valence-electron chi connectivity index (χ1n) is 9.24. The molecule has 2 heterocycles. The SMILES string of the molecule is O=C(c1cccc(NCC(=O)N2CCc3ccccc32)c1)N1CCCC1. The zero-order valence-corrected chi connectivity index (χ0v) is 14.8. The lowest BCUT2D eigenvalue weighted by Gasteiger charge is -2.18. The Morgan fingerprint density at radius 1 is 0.962 bits per heavy atom. The number of benzene rings is 2. The summed E-state index contributed by atoms with van der Waals surface area (Å²) in [5, 5.41) is 3.18. The van der Waals surface area contributed by atoms with Gasteiger partial charge in [-0.05, 0) is 49.1 Å². The fourth-order valence-corrected chi connectivity index (χ4v) is 3.74. The molecule has 2 aromatic rings. The van der Waals surface area contributed by atoms with Crippen molar-refractivity contribution in [3.8, 4) is 0 Å². The van der Waals surface area contributed by atoms with E-state index in [4.69, 9.17) is 0 Å². The maximum absolute atomic E-state index is 12.6. The molecular weight excluding hydrogens is 326 g/mol. The lowest BCUT2D eigenvalue weighted by molar-refractivity contribution is -0.116. The number of carbonyl (C=O) groups excluding carboxylic acids is 2. The van der Waals surface area contributed by atoms with E-state index in [2.05, 4.69) is 11.4 Å². The summed E-state index contributed by atoms with van der Waals surface area (Å²) in [7, 11) is 0. The summed E-state index contributed by atoms with van der Waals surface area (Å²) in [5.74, 6) is 0.122. The quantitative estimate of drug-likeness (QED) is 0.923. The third-order valence-corrected chi connectivity index (χ3v) is 5.13. The molecule has 1 N–H and O–H groups in total. The van der Waals surface area contributed by atoms with Crippen molar-refractivity contribution < 1.29 is 9.59 Å². The highest BCUT2D eigenvalue weighted by atomic mass is 16.2. The van der Waals surface area contributed by atoms with E-state index in [1.165, 1.54) is 5.56 Å². The van der Waals surface area contributed by atoms with E-state index in [1.807, 2.05) is 52.3 Å². The maximum atomic E-state index is 12.6. The fraction of sp³-hybridized carbons (Fsp3) is 0.333. The van der Waals surface area contributed by atoms with Crippen molar-refractivity contribution in [2.24, 2.45) is 0 Å². The topological polar surface area (TPSA) is 52.7 Å². The summed E-state index contributed by atoms with van der Waals surface area (Å²) < 4.78 is 0. The summed E-state index contributed by atoms with van der Waals surface area (Å²) in [6.07, 6.45) is 3.06. The summed E-state index contributed by atoms with van der Waals surface area (Å²) in [4.78, 5) is 28.8. The van der Waals surface area contributed by atoms with E-state index in [-0.39, 0.29) is 18.4 Å². The largest absolute Gasteiger partial charge is 0.376 e. The average molecular weight is 349 g/mol. The number of hydrogen-bond donors (Lipinski definition) is 1. The lowest BCUT2D eigenvalue weighted by atomic mass is 10.1. The van der Waals surface area contributed by atoms with Crippen molar-refractivity contribution in [2.75, 3.05) is 36.4 Å². The molecular formula is C21H23N3O2. The van der Waals surface area contributed by atoms with Crippen LogP contribution >= 0.6 is 0 Å². The summed E-state index contributed by atoms with van der Waals surface area (Å²) >= 11 is 0. The highest BCUT2D eigenvalue weighted by Crippen LogP contribution is 2.27. The predicted molar refractivity (Wildman–Crippen MR) is 103 cm³/mol. The van der Waals surface area contributed by atoms with Gasteiger partial charge in [0, 0.05) is 36.6 Å². The normalized spacial score (nSPS) is 15.8. The van der Waals surface area contributed by atoms with Crippen molar-refractivity contribution in [1.82, 2.24) is 4.90 Å². The van der Waals surface area contributed by atoms with Gasteiger partial charge >= 0.3 is 0 Å². The molecule has 0 bridgehead atoms. The Morgan fingerprint density at radius 3 is 2.62 bits per heavy atom. The maximum Gasteiger partial charge on any atom is 0.253 e. The first-order valence-corrected chi connectivity index (χ1v) is 9.24. The molecule has 0 unspecified atom stereocenters. The van der Waals surface area contributed by atoms with Crippen LogP contribution in [-0.2, 0) is 11.2 Å². The van der Waals surface area contributed by atoms with Gasteiger partial charge in [0.2, 0.25) is 5.91 Å².